The summed E-state index contributed by atoms with van der Waals surface area (Å²) in [4.78, 5) is 12.2. The molecule has 0 spiro atoms. The van der Waals surface area contributed by atoms with Crippen LogP contribution in [0.25, 0.3) is 0 Å². The van der Waals surface area contributed by atoms with Gasteiger partial charge >= 0.3 is 0 Å². The zero-order valence-electron chi connectivity index (χ0n) is 19.1. The second-order valence-corrected chi connectivity index (χ2v) is 10.7. The smallest absolute Gasteiger partial charge is 0.244 e. The second-order valence-electron chi connectivity index (χ2n) is 8.28. The zero-order valence-corrected chi connectivity index (χ0v) is 20.8. The van der Waals surface area contributed by atoms with E-state index in [-0.39, 0.29) is 5.92 Å². The van der Waals surface area contributed by atoms with Crippen molar-refractivity contribution in [2.24, 2.45) is 11.8 Å². The summed E-state index contributed by atoms with van der Waals surface area (Å²) in [5, 5.41) is 12.1. The van der Waals surface area contributed by atoms with Crippen molar-refractivity contribution in [2.75, 3.05) is 12.8 Å². The fourth-order valence-electron chi connectivity index (χ4n) is 3.16. The first-order valence-electron chi connectivity index (χ1n) is 10.6. The first-order chi connectivity index (χ1) is 15.1. The Morgan fingerprint density at radius 2 is 1.88 bits per heavy atom. The Morgan fingerprint density at radius 3 is 2.47 bits per heavy atom. The number of hydrogen-bond donors (Lipinski definition) is 2. The molecule has 11 heteroatoms. The first kappa shape index (κ1) is 26.3. The third-order valence-corrected chi connectivity index (χ3v) is 6.90. The molecule has 2 N–H and O–H groups in total. The summed E-state index contributed by atoms with van der Waals surface area (Å²) in [6.07, 6.45) is 3.22. The molecule has 2 aromatic rings. The van der Waals surface area contributed by atoms with Crippen LogP contribution in [0.1, 0.15) is 39.9 Å². The van der Waals surface area contributed by atoms with Crippen molar-refractivity contribution < 1.29 is 17.6 Å². The first-order valence-corrected chi connectivity index (χ1v) is 13.3. The number of nitrogens with one attached hydrogen (secondary N) is 2. The van der Waals surface area contributed by atoms with E-state index in [4.69, 9.17) is 0 Å². The van der Waals surface area contributed by atoms with Gasteiger partial charge < -0.3 is 9.88 Å². The number of benzene rings is 1. The summed E-state index contributed by atoms with van der Waals surface area (Å²) in [7, 11) is -4.18. The van der Waals surface area contributed by atoms with Crippen molar-refractivity contribution in [3.8, 4) is 0 Å². The van der Waals surface area contributed by atoms with Gasteiger partial charge in [-0.05, 0) is 36.6 Å². The van der Waals surface area contributed by atoms with Gasteiger partial charge in [0.1, 0.15) is 22.6 Å². The predicted molar refractivity (Wildman–Crippen MR) is 123 cm³/mol. The molecular formula is C21H32FN5O3S2. The highest BCUT2D eigenvalue weighted by molar-refractivity contribution is 7.98. The van der Waals surface area contributed by atoms with Crippen LogP contribution in [0.5, 0.6) is 0 Å². The highest BCUT2D eigenvalue weighted by atomic mass is 32.2. The maximum Gasteiger partial charge on any atom is 0.244 e. The van der Waals surface area contributed by atoms with Crippen LogP contribution in [-0.2, 0) is 27.8 Å². The Morgan fingerprint density at radius 1 is 1.19 bits per heavy atom. The van der Waals surface area contributed by atoms with Crippen LogP contribution < -0.4 is 10.0 Å². The largest absolute Gasteiger partial charge is 0.355 e. The number of hydrogen-bond acceptors (Lipinski definition) is 6. The predicted octanol–water partition coefficient (Wildman–Crippen LogP) is 2.85. The van der Waals surface area contributed by atoms with E-state index in [1.165, 1.54) is 18.2 Å². The lowest BCUT2D eigenvalue weighted by Gasteiger charge is -2.22. The summed E-state index contributed by atoms with van der Waals surface area (Å²) in [6.45, 7) is 8.88. The Hall–Kier alpha value is -1.98. The molecule has 1 aromatic carbocycles. The van der Waals surface area contributed by atoms with E-state index in [0.29, 0.717) is 25.3 Å². The van der Waals surface area contributed by atoms with Crippen LogP contribution in [0.2, 0.25) is 0 Å². The Balaban J connectivity index is 1.97. The van der Waals surface area contributed by atoms with Crippen LogP contribution in [0.15, 0.2) is 34.3 Å². The van der Waals surface area contributed by atoms with Gasteiger partial charge in [0.25, 0.3) is 0 Å². The van der Waals surface area contributed by atoms with Gasteiger partial charge in [-0.2, -0.15) is 4.72 Å². The Bertz CT molecular complexity index is 1010. The summed E-state index contributed by atoms with van der Waals surface area (Å²) in [5.74, 6) is -0.330. The number of carbonyl (C=O) groups is 1. The highest BCUT2D eigenvalue weighted by Crippen LogP contribution is 2.17. The van der Waals surface area contributed by atoms with E-state index in [0.717, 1.165) is 23.6 Å². The molecule has 0 saturated carbocycles. The molecule has 0 radical (unpaired) electrons. The molecular weight excluding hydrogens is 453 g/mol. The second kappa shape index (κ2) is 11.8. The van der Waals surface area contributed by atoms with Gasteiger partial charge in [0.2, 0.25) is 15.9 Å². The number of nitrogens with zero attached hydrogens (tertiary/aromatic N) is 3. The van der Waals surface area contributed by atoms with Gasteiger partial charge in [0.05, 0.1) is 0 Å². The zero-order chi connectivity index (χ0) is 23.9. The molecule has 1 heterocycles. The minimum atomic E-state index is -4.18. The molecule has 1 aromatic heterocycles. The number of aryl methyl sites for hydroxylation is 1. The fourth-order valence-corrected chi connectivity index (χ4v) is 5.10. The van der Waals surface area contributed by atoms with Crippen LogP contribution in [0.3, 0.4) is 0 Å². The van der Waals surface area contributed by atoms with E-state index in [1.54, 1.807) is 25.6 Å². The lowest BCUT2D eigenvalue weighted by atomic mass is 10.1. The highest BCUT2D eigenvalue weighted by Gasteiger charge is 2.29. The normalized spacial score (nSPS) is 13.0. The number of carbonyl (C=O) groups excluding carboxylic acids is 1. The molecule has 0 aliphatic rings. The standard InChI is InChI=1S/C21H32FN5O3S2/c1-14(2)13-27-18(24-25-21(27)31-5)11-8-12-23-20(28)19(15(3)4)26-32(29,30)17-10-7-6-9-16(17)22/h6-7,9-10,14-15,19,26H,8,11-13H2,1-5H3,(H,23,28)/t19-/m0/s1. The van der Waals surface area contributed by atoms with Gasteiger partial charge in [0, 0.05) is 19.5 Å². The average Bonchev–Trinajstić information content (AvgIpc) is 3.10. The molecule has 1 atom stereocenters. The number of aromatic nitrogens is 3. The molecule has 32 heavy (non-hydrogen) atoms. The SMILES string of the molecule is CSc1nnc(CCCNC(=O)[C@@H](NS(=O)(=O)c2ccccc2F)C(C)C)n1CC(C)C. The van der Waals surface area contributed by atoms with Crippen LogP contribution >= 0.6 is 11.8 Å². The topological polar surface area (TPSA) is 106 Å². The number of thioether (sulfide) groups is 1. The molecule has 178 valence electrons. The minimum absolute atomic E-state index is 0.324. The molecule has 0 saturated heterocycles. The number of rotatable bonds is 12. The van der Waals surface area contributed by atoms with Crippen molar-refractivity contribution in [1.82, 2.24) is 24.8 Å². The molecule has 0 fully saturated rings. The molecule has 1 amide bonds. The molecule has 2 rings (SSSR count). The van der Waals surface area contributed by atoms with Crippen molar-refractivity contribution in [2.45, 2.75) is 63.2 Å². The van der Waals surface area contributed by atoms with Gasteiger partial charge in [-0.25, -0.2) is 12.8 Å². The Kier molecular flexibility index (Phi) is 9.65. The van der Waals surface area contributed by atoms with Gasteiger partial charge in [-0.3, -0.25) is 4.79 Å². The van der Waals surface area contributed by atoms with E-state index < -0.39 is 32.7 Å². The van der Waals surface area contributed by atoms with Gasteiger partial charge in [-0.1, -0.05) is 51.6 Å². The van der Waals surface area contributed by atoms with Crippen LogP contribution in [0.4, 0.5) is 4.39 Å². The minimum Gasteiger partial charge on any atom is -0.355 e. The molecule has 0 aliphatic heterocycles. The maximum atomic E-state index is 14.0. The number of amides is 1. The maximum absolute atomic E-state index is 14.0. The van der Waals surface area contributed by atoms with Crippen molar-refractivity contribution in [3.63, 3.8) is 0 Å². The summed E-state index contributed by atoms with van der Waals surface area (Å²) in [6, 6.07) is 4.06. The third kappa shape index (κ3) is 7.01. The number of halogens is 1. The lowest BCUT2D eigenvalue weighted by Crippen LogP contribution is -2.49. The molecule has 0 bridgehead atoms. The third-order valence-electron chi connectivity index (χ3n) is 4.76. The van der Waals surface area contributed by atoms with E-state index >= 15 is 0 Å². The van der Waals surface area contributed by atoms with Crippen LogP contribution in [0, 0.1) is 17.7 Å². The summed E-state index contributed by atoms with van der Waals surface area (Å²) < 4.78 is 43.6. The quantitative estimate of drug-likeness (QED) is 0.354. The fraction of sp³-hybridized carbons (Fsp3) is 0.571. The molecule has 0 aliphatic carbocycles. The van der Waals surface area contributed by atoms with Gasteiger partial charge in [0.15, 0.2) is 5.16 Å². The molecule has 0 unspecified atom stereocenters. The average molecular weight is 486 g/mol. The van der Waals surface area contributed by atoms with Crippen molar-refractivity contribution in [3.05, 3.63) is 35.9 Å². The molecule has 8 nitrogen and oxygen atoms in total. The van der Waals surface area contributed by atoms with Crippen molar-refractivity contribution >= 4 is 27.7 Å². The Labute approximate surface area is 193 Å². The monoisotopic (exact) mass is 485 g/mol. The van der Waals surface area contributed by atoms with Gasteiger partial charge in [-0.15, -0.1) is 10.2 Å². The van der Waals surface area contributed by atoms with E-state index in [9.17, 15) is 17.6 Å². The van der Waals surface area contributed by atoms with E-state index in [1.807, 2.05) is 6.26 Å². The summed E-state index contributed by atoms with van der Waals surface area (Å²) >= 11 is 1.54. The van der Waals surface area contributed by atoms with E-state index in [2.05, 4.69) is 38.7 Å². The van der Waals surface area contributed by atoms with Crippen LogP contribution in [-0.4, -0.2) is 47.9 Å². The summed E-state index contributed by atoms with van der Waals surface area (Å²) in [5.41, 5.74) is 0. The van der Waals surface area contributed by atoms with Crippen molar-refractivity contribution in [1.29, 1.82) is 0 Å². The number of sulfonamides is 1. The lowest BCUT2D eigenvalue weighted by molar-refractivity contribution is -0.123.